The fourth-order valence-electron chi connectivity index (χ4n) is 3.51. The zero-order valence-corrected chi connectivity index (χ0v) is 15.4. The third-order valence-electron chi connectivity index (χ3n) is 5.59. The van der Waals surface area contributed by atoms with Crippen molar-refractivity contribution in [3.8, 4) is 0 Å². The lowest BCUT2D eigenvalue weighted by Crippen LogP contribution is -2.21. The van der Waals surface area contributed by atoms with E-state index >= 15 is 0 Å². The largest absolute Gasteiger partial charge is 0.370 e. The highest BCUT2D eigenvalue weighted by molar-refractivity contribution is 5.38. The molecule has 0 N–H and O–H groups in total. The minimum absolute atomic E-state index is 0.0472. The third-order valence-corrected chi connectivity index (χ3v) is 5.59. The summed E-state index contributed by atoms with van der Waals surface area (Å²) in [6, 6.07) is 12.9. The molecule has 2 aliphatic heterocycles. The first kappa shape index (κ1) is 16.8. The van der Waals surface area contributed by atoms with Crippen LogP contribution in [0.1, 0.15) is 45.6 Å². The van der Waals surface area contributed by atoms with Gasteiger partial charge in [-0.15, -0.1) is 0 Å². The zero-order valence-electron chi connectivity index (χ0n) is 15.4. The van der Waals surface area contributed by atoms with Crippen LogP contribution in [-0.2, 0) is 14.2 Å². The van der Waals surface area contributed by atoms with Gasteiger partial charge in [0.2, 0.25) is 0 Å². The molecule has 0 spiro atoms. The molecule has 2 aromatic carbocycles. The van der Waals surface area contributed by atoms with E-state index in [-0.39, 0.29) is 24.4 Å². The van der Waals surface area contributed by atoms with Crippen molar-refractivity contribution in [1.29, 1.82) is 0 Å². The SMILES string of the molecule is Cc1cccc(C(OC(c2cccc(C)c2C)C2CO2)C2CO2)c1C. The molecule has 0 bridgehead atoms. The molecule has 0 aliphatic carbocycles. The van der Waals surface area contributed by atoms with Crippen LogP contribution in [0.25, 0.3) is 0 Å². The summed E-state index contributed by atoms with van der Waals surface area (Å²) in [5.41, 5.74) is 7.63. The summed E-state index contributed by atoms with van der Waals surface area (Å²) in [6.07, 6.45) is 0.196. The van der Waals surface area contributed by atoms with E-state index in [4.69, 9.17) is 14.2 Å². The van der Waals surface area contributed by atoms with Gasteiger partial charge in [-0.3, -0.25) is 0 Å². The Hall–Kier alpha value is -1.68. The number of benzene rings is 2. The lowest BCUT2D eigenvalue weighted by molar-refractivity contribution is -0.0425. The normalized spacial score (nSPS) is 24.0. The van der Waals surface area contributed by atoms with Gasteiger partial charge in [-0.25, -0.2) is 0 Å². The average Bonchev–Trinajstić information content (AvgIpc) is 3.47. The van der Waals surface area contributed by atoms with E-state index in [9.17, 15) is 0 Å². The van der Waals surface area contributed by atoms with Crippen molar-refractivity contribution < 1.29 is 14.2 Å². The Bertz CT molecular complexity index is 709. The highest BCUT2D eigenvalue weighted by Crippen LogP contribution is 2.42. The van der Waals surface area contributed by atoms with Crippen LogP contribution in [0.4, 0.5) is 0 Å². The molecule has 0 saturated carbocycles. The number of hydrogen-bond donors (Lipinski definition) is 0. The van der Waals surface area contributed by atoms with E-state index in [0.29, 0.717) is 0 Å². The Morgan fingerprint density at radius 1 is 0.760 bits per heavy atom. The van der Waals surface area contributed by atoms with Crippen LogP contribution in [0.15, 0.2) is 36.4 Å². The lowest BCUT2D eigenvalue weighted by atomic mass is 9.95. The Labute approximate surface area is 149 Å². The van der Waals surface area contributed by atoms with Crippen molar-refractivity contribution in [3.05, 3.63) is 69.8 Å². The highest BCUT2D eigenvalue weighted by Gasteiger charge is 2.43. The first-order chi connectivity index (χ1) is 12.1. The van der Waals surface area contributed by atoms with Crippen LogP contribution in [0.3, 0.4) is 0 Å². The van der Waals surface area contributed by atoms with Crippen molar-refractivity contribution in [2.24, 2.45) is 0 Å². The van der Waals surface area contributed by atoms with Gasteiger partial charge >= 0.3 is 0 Å². The topological polar surface area (TPSA) is 34.3 Å². The molecule has 0 aromatic heterocycles. The fraction of sp³-hybridized carbons (Fsp3) is 0.455. The second-order valence-corrected chi connectivity index (χ2v) is 7.30. The van der Waals surface area contributed by atoms with Crippen LogP contribution in [0.5, 0.6) is 0 Å². The van der Waals surface area contributed by atoms with Gasteiger partial charge in [0.05, 0.1) is 13.2 Å². The Morgan fingerprint density at radius 3 is 1.52 bits per heavy atom. The molecule has 2 heterocycles. The van der Waals surface area contributed by atoms with Gasteiger partial charge in [0, 0.05) is 0 Å². The number of aryl methyl sites for hydroxylation is 2. The van der Waals surface area contributed by atoms with Crippen LogP contribution in [0, 0.1) is 27.7 Å². The lowest BCUT2D eigenvalue weighted by Gasteiger charge is -2.26. The average molecular weight is 338 g/mol. The Morgan fingerprint density at radius 2 is 1.16 bits per heavy atom. The maximum Gasteiger partial charge on any atom is 0.112 e. The molecule has 2 fully saturated rings. The predicted molar refractivity (Wildman–Crippen MR) is 97.9 cm³/mol. The van der Waals surface area contributed by atoms with E-state index in [1.807, 2.05) is 0 Å². The van der Waals surface area contributed by atoms with Gasteiger partial charge in [-0.1, -0.05) is 36.4 Å². The van der Waals surface area contributed by atoms with Crippen molar-refractivity contribution in [2.45, 2.75) is 52.1 Å². The standard InChI is InChI=1S/C22H26O3/c1-13-7-5-9-17(15(13)3)21(19-11-23-19)25-22(20-12-24-20)18-10-6-8-14(2)16(18)4/h5-10,19-22H,11-12H2,1-4H3. The van der Waals surface area contributed by atoms with Crippen LogP contribution in [-0.4, -0.2) is 25.4 Å². The summed E-state index contributed by atoms with van der Waals surface area (Å²) in [5.74, 6) is 0. The summed E-state index contributed by atoms with van der Waals surface area (Å²) in [5, 5.41) is 0. The molecule has 132 valence electrons. The summed E-state index contributed by atoms with van der Waals surface area (Å²) >= 11 is 0. The second-order valence-electron chi connectivity index (χ2n) is 7.30. The van der Waals surface area contributed by atoms with Gasteiger partial charge < -0.3 is 14.2 Å². The third kappa shape index (κ3) is 3.37. The van der Waals surface area contributed by atoms with E-state index in [1.54, 1.807) is 0 Å². The summed E-state index contributed by atoms with van der Waals surface area (Å²) < 4.78 is 18.0. The molecule has 0 radical (unpaired) electrons. The predicted octanol–water partition coefficient (Wildman–Crippen LogP) is 4.52. The summed E-state index contributed by atoms with van der Waals surface area (Å²) in [4.78, 5) is 0. The molecule has 0 amide bonds. The number of rotatable bonds is 6. The fourth-order valence-corrected chi connectivity index (χ4v) is 3.51. The first-order valence-electron chi connectivity index (χ1n) is 9.07. The number of hydrogen-bond acceptors (Lipinski definition) is 3. The number of ether oxygens (including phenoxy) is 3. The highest BCUT2D eigenvalue weighted by atomic mass is 16.6. The van der Waals surface area contributed by atoms with E-state index < -0.39 is 0 Å². The van der Waals surface area contributed by atoms with Crippen molar-refractivity contribution in [3.63, 3.8) is 0 Å². The molecular weight excluding hydrogens is 312 g/mol. The monoisotopic (exact) mass is 338 g/mol. The molecule has 4 rings (SSSR count). The quantitative estimate of drug-likeness (QED) is 0.727. The van der Waals surface area contributed by atoms with Crippen LogP contribution in [0.2, 0.25) is 0 Å². The van der Waals surface area contributed by atoms with Gasteiger partial charge in [0.15, 0.2) is 0 Å². The molecule has 2 aliphatic rings. The molecule has 25 heavy (non-hydrogen) atoms. The Kier molecular flexibility index (Phi) is 4.40. The minimum Gasteiger partial charge on any atom is -0.370 e. The van der Waals surface area contributed by atoms with Crippen molar-refractivity contribution >= 4 is 0 Å². The summed E-state index contributed by atoms with van der Waals surface area (Å²) in [6.45, 7) is 10.2. The van der Waals surface area contributed by atoms with Gasteiger partial charge in [0.1, 0.15) is 24.4 Å². The van der Waals surface area contributed by atoms with Gasteiger partial charge in [-0.05, 0) is 61.1 Å². The number of epoxide rings is 2. The molecular formula is C22H26O3. The molecule has 4 unspecified atom stereocenters. The molecule has 3 heteroatoms. The Balaban J connectivity index is 1.68. The van der Waals surface area contributed by atoms with Gasteiger partial charge in [-0.2, -0.15) is 0 Å². The minimum atomic E-state index is -0.0472. The first-order valence-corrected chi connectivity index (χ1v) is 9.07. The molecule has 2 aromatic rings. The molecule has 3 nitrogen and oxygen atoms in total. The van der Waals surface area contributed by atoms with Crippen molar-refractivity contribution in [1.82, 2.24) is 0 Å². The second kappa shape index (κ2) is 6.56. The summed E-state index contributed by atoms with van der Waals surface area (Å²) in [7, 11) is 0. The van der Waals surface area contributed by atoms with Crippen molar-refractivity contribution in [2.75, 3.05) is 13.2 Å². The van der Waals surface area contributed by atoms with E-state index in [1.165, 1.54) is 33.4 Å². The van der Waals surface area contributed by atoms with Crippen LogP contribution >= 0.6 is 0 Å². The van der Waals surface area contributed by atoms with Crippen LogP contribution < -0.4 is 0 Å². The van der Waals surface area contributed by atoms with E-state index in [2.05, 4.69) is 64.1 Å². The maximum atomic E-state index is 6.69. The molecule has 2 saturated heterocycles. The van der Waals surface area contributed by atoms with E-state index in [0.717, 1.165) is 13.2 Å². The maximum absolute atomic E-state index is 6.69. The zero-order chi connectivity index (χ0) is 17.6. The molecule has 4 atom stereocenters. The van der Waals surface area contributed by atoms with Gasteiger partial charge in [0.25, 0.3) is 0 Å². The smallest absolute Gasteiger partial charge is 0.112 e.